The standard InChI is InChI=1S/C64H38F6N2/c65-51-15-7-13-43(31-51)39-9-5-11-41(29-39)45-25-27-57(69)61(37-45)71(59-19-3-1-17-55(59)67)53-33-47-21-23-49-35-54(36-50-24-22-48(34-53)63(47)64(49)50)72(60-20-4-2-18-56(60)68)62-38-46(26-28-58(62)70)42-12-6-10-40(30-42)44-14-8-16-52(66)32-44/h1-38H. The highest BCUT2D eigenvalue weighted by Crippen LogP contribution is 2.47. The van der Waals surface area contributed by atoms with Crippen LogP contribution in [-0.2, 0) is 0 Å². The molecule has 12 rings (SSSR count). The predicted molar refractivity (Wildman–Crippen MR) is 281 cm³/mol. The van der Waals surface area contributed by atoms with Crippen LogP contribution in [0.5, 0.6) is 0 Å². The van der Waals surface area contributed by atoms with E-state index in [-0.39, 0.29) is 34.4 Å². The number of anilines is 6. The molecular formula is C64H38F6N2. The van der Waals surface area contributed by atoms with Gasteiger partial charge in [0.05, 0.1) is 22.7 Å². The summed E-state index contributed by atoms with van der Waals surface area (Å²) >= 11 is 0. The Kier molecular flexibility index (Phi) is 11.0. The number of halogens is 6. The maximum absolute atomic E-state index is 16.5. The Hall–Kier alpha value is -9.14. The van der Waals surface area contributed by atoms with Crippen LogP contribution >= 0.6 is 0 Å². The summed E-state index contributed by atoms with van der Waals surface area (Å²) in [4.78, 5) is 3.17. The third-order valence-corrected chi connectivity index (χ3v) is 13.3. The number of rotatable bonds is 10. The fraction of sp³-hybridized carbons (Fsp3) is 0. The van der Waals surface area contributed by atoms with Gasteiger partial charge in [0.2, 0.25) is 0 Å². The summed E-state index contributed by atoms with van der Waals surface area (Å²) < 4.78 is 93.5. The van der Waals surface area contributed by atoms with Crippen LogP contribution in [-0.4, -0.2) is 0 Å². The van der Waals surface area contributed by atoms with Crippen LogP contribution in [0, 0.1) is 34.9 Å². The first-order valence-electron chi connectivity index (χ1n) is 23.3. The number of benzene rings is 12. The maximum atomic E-state index is 16.5. The molecule has 12 aromatic carbocycles. The lowest BCUT2D eigenvalue weighted by Crippen LogP contribution is -2.14. The van der Waals surface area contributed by atoms with Crippen LogP contribution in [0.15, 0.2) is 231 Å². The SMILES string of the molecule is Fc1cccc(-c2cccc(-c3ccc(F)c(N(c4cc5ccc6cc(N(c7ccccc7F)c7cc(-c8cccc(-c9cccc(F)c9)c8)ccc7F)cc7ccc(c4)c5c67)c4ccccc4F)c3)c2)c1. The van der Waals surface area contributed by atoms with E-state index in [0.717, 1.165) is 54.6 Å². The smallest absolute Gasteiger partial charge is 0.147 e. The lowest BCUT2D eigenvalue weighted by Gasteiger charge is -2.28. The second-order valence-electron chi connectivity index (χ2n) is 17.8. The summed E-state index contributed by atoms with van der Waals surface area (Å²) in [6.45, 7) is 0. The fourth-order valence-corrected chi connectivity index (χ4v) is 9.97. The fourth-order valence-electron chi connectivity index (χ4n) is 9.97. The molecule has 346 valence electrons. The minimum atomic E-state index is -0.570. The monoisotopic (exact) mass is 948 g/mol. The van der Waals surface area contributed by atoms with Crippen LogP contribution in [0.25, 0.3) is 76.8 Å². The first-order chi connectivity index (χ1) is 35.1. The minimum absolute atomic E-state index is 0.120. The van der Waals surface area contributed by atoms with E-state index < -0.39 is 23.3 Å². The largest absolute Gasteiger partial charge is 0.305 e. The molecular weight excluding hydrogens is 911 g/mol. The molecule has 0 spiro atoms. The van der Waals surface area contributed by atoms with Crippen molar-refractivity contribution in [1.29, 1.82) is 0 Å². The van der Waals surface area contributed by atoms with E-state index in [1.165, 1.54) is 48.5 Å². The molecule has 72 heavy (non-hydrogen) atoms. The van der Waals surface area contributed by atoms with Gasteiger partial charge in [-0.25, -0.2) is 26.3 Å². The third-order valence-electron chi connectivity index (χ3n) is 13.3. The Bertz CT molecular complexity index is 3730. The van der Waals surface area contributed by atoms with Crippen molar-refractivity contribution in [3.63, 3.8) is 0 Å². The van der Waals surface area contributed by atoms with Crippen molar-refractivity contribution in [2.45, 2.75) is 0 Å². The van der Waals surface area contributed by atoms with Crippen LogP contribution in [0.1, 0.15) is 0 Å². The second-order valence-corrected chi connectivity index (χ2v) is 17.8. The normalized spacial score (nSPS) is 11.5. The van der Waals surface area contributed by atoms with Gasteiger partial charge in [-0.05, 0) is 186 Å². The summed E-state index contributed by atoms with van der Waals surface area (Å²) in [5.74, 6) is -2.95. The average molecular weight is 949 g/mol. The molecule has 0 saturated carbocycles. The molecule has 0 saturated heterocycles. The van der Waals surface area contributed by atoms with Gasteiger partial charge in [-0.1, -0.05) is 121 Å². The van der Waals surface area contributed by atoms with Gasteiger partial charge in [-0.15, -0.1) is 0 Å². The van der Waals surface area contributed by atoms with E-state index in [1.54, 1.807) is 82.6 Å². The zero-order chi connectivity index (χ0) is 49.0. The lowest BCUT2D eigenvalue weighted by atomic mass is 9.92. The molecule has 0 aliphatic heterocycles. The van der Waals surface area contributed by atoms with E-state index in [0.29, 0.717) is 33.6 Å². The van der Waals surface area contributed by atoms with Crippen molar-refractivity contribution in [3.05, 3.63) is 265 Å². The van der Waals surface area contributed by atoms with Crippen LogP contribution in [0.2, 0.25) is 0 Å². The van der Waals surface area contributed by atoms with Gasteiger partial charge < -0.3 is 9.80 Å². The predicted octanol–water partition coefficient (Wildman–Crippen LogP) is 19.0. The highest BCUT2D eigenvalue weighted by Gasteiger charge is 2.25. The number of nitrogens with zero attached hydrogens (tertiary/aromatic N) is 2. The molecule has 0 atom stereocenters. The van der Waals surface area contributed by atoms with E-state index >= 15 is 17.6 Å². The van der Waals surface area contributed by atoms with Crippen molar-refractivity contribution in [2.75, 3.05) is 9.80 Å². The molecule has 0 unspecified atom stereocenters. The molecule has 0 aromatic heterocycles. The highest BCUT2D eigenvalue weighted by molar-refractivity contribution is 6.24. The van der Waals surface area contributed by atoms with Crippen LogP contribution in [0.4, 0.5) is 60.5 Å². The van der Waals surface area contributed by atoms with Gasteiger partial charge in [0.15, 0.2) is 0 Å². The summed E-state index contributed by atoms with van der Waals surface area (Å²) in [6, 6.07) is 65.2. The Morgan fingerprint density at radius 2 is 0.528 bits per heavy atom. The molecule has 8 heteroatoms. The van der Waals surface area contributed by atoms with Gasteiger partial charge in [0, 0.05) is 11.4 Å². The molecule has 0 fully saturated rings. The van der Waals surface area contributed by atoms with Crippen molar-refractivity contribution >= 4 is 66.4 Å². The van der Waals surface area contributed by atoms with Crippen molar-refractivity contribution in [2.24, 2.45) is 0 Å². The lowest BCUT2D eigenvalue weighted by molar-refractivity contribution is 0.619. The van der Waals surface area contributed by atoms with Crippen molar-refractivity contribution in [1.82, 2.24) is 0 Å². The molecule has 0 bridgehead atoms. The Labute approximate surface area is 410 Å². The molecule has 12 aromatic rings. The Morgan fingerprint density at radius 3 is 0.875 bits per heavy atom. The summed E-state index contributed by atoms with van der Waals surface area (Å²) in [6.07, 6.45) is 0. The Balaban J connectivity index is 0.975. The molecule has 0 heterocycles. The van der Waals surface area contributed by atoms with E-state index in [2.05, 4.69) is 0 Å². The zero-order valence-corrected chi connectivity index (χ0v) is 38.1. The highest BCUT2D eigenvalue weighted by atomic mass is 19.1. The molecule has 0 aliphatic rings. The number of hydrogen-bond donors (Lipinski definition) is 0. The topological polar surface area (TPSA) is 6.48 Å². The van der Waals surface area contributed by atoms with E-state index in [4.69, 9.17) is 0 Å². The van der Waals surface area contributed by atoms with Crippen LogP contribution in [0.3, 0.4) is 0 Å². The summed E-state index contributed by atoms with van der Waals surface area (Å²) in [7, 11) is 0. The third kappa shape index (κ3) is 8.02. The zero-order valence-electron chi connectivity index (χ0n) is 38.1. The molecule has 0 radical (unpaired) electrons. The Morgan fingerprint density at radius 1 is 0.222 bits per heavy atom. The number of para-hydroxylation sites is 2. The maximum Gasteiger partial charge on any atom is 0.147 e. The van der Waals surface area contributed by atoms with Gasteiger partial charge in [0.1, 0.15) is 34.9 Å². The first kappa shape index (κ1) is 44.1. The molecule has 2 nitrogen and oxygen atoms in total. The van der Waals surface area contributed by atoms with E-state index in [1.807, 2.05) is 109 Å². The van der Waals surface area contributed by atoms with Crippen molar-refractivity contribution in [3.8, 4) is 44.5 Å². The van der Waals surface area contributed by atoms with Crippen molar-refractivity contribution < 1.29 is 26.3 Å². The molecule has 0 N–H and O–H groups in total. The summed E-state index contributed by atoms with van der Waals surface area (Å²) in [5.41, 5.74) is 7.37. The van der Waals surface area contributed by atoms with Gasteiger partial charge in [0.25, 0.3) is 0 Å². The first-order valence-corrected chi connectivity index (χ1v) is 23.3. The molecule has 0 amide bonds. The van der Waals surface area contributed by atoms with Gasteiger partial charge in [-0.3, -0.25) is 0 Å². The second kappa shape index (κ2) is 18.0. The number of hydrogen-bond acceptors (Lipinski definition) is 2. The minimum Gasteiger partial charge on any atom is -0.305 e. The summed E-state index contributed by atoms with van der Waals surface area (Å²) in [5, 5.41) is 5.03. The molecule has 0 aliphatic carbocycles. The average Bonchev–Trinajstić information content (AvgIpc) is 3.40. The van der Waals surface area contributed by atoms with Gasteiger partial charge >= 0.3 is 0 Å². The quantitative estimate of drug-likeness (QED) is 0.0996. The van der Waals surface area contributed by atoms with Crippen LogP contribution < -0.4 is 9.80 Å². The van der Waals surface area contributed by atoms with Gasteiger partial charge in [-0.2, -0.15) is 0 Å². The van der Waals surface area contributed by atoms with E-state index in [9.17, 15) is 8.78 Å².